The molecule has 7 heteroatoms. The Balaban J connectivity index is 1.29. The molecule has 0 heterocycles. The van der Waals surface area contributed by atoms with Crippen LogP contribution in [0.2, 0.25) is 0 Å². The number of fused-ring (bicyclic) bond motifs is 1. The quantitative estimate of drug-likeness (QED) is 0.210. The van der Waals surface area contributed by atoms with Gasteiger partial charge in [-0.25, -0.2) is 0 Å². The van der Waals surface area contributed by atoms with Crippen molar-refractivity contribution in [2.45, 2.75) is 69.0 Å². The van der Waals surface area contributed by atoms with E-state index in [0.717, 1.165) is 42.4 Å². The average molecular weight is 614 g/mol. The molecule has 46 heavy (non-hydrogen) atoms. The average Bonchev–Trinajstić information content (AvgIpc) is 3.48. The number of hydrogen-bond acceptors (Lipinski definition) is 4. The maximum atomic E-state index is 14.5. The SMILES string of the molecule is O=C(N[C@]1(C(=O)N[C@@H](Cc2ccccc2)C(=O)NC2CCCCC2)Cc2ccc(C(=O)c3ccccc3)cc2C1)c1ccccc1. The molecular formula is C39H39N3O4. The summed E-state index contributed by atoms with van der Waals surface area (Å²) in [5.41, 5.74) is 2.79. The number of rotatable bonds is 10. The molecule has 0 bridgehead atoms. The number of carbonyl (C=O) groups excluding carboxylic acids is 4. The molecule has 1 fully saturated rings. The number of carbonyl (C=O) groups is 4. The van der Waals surface area contributed by atoms with Gasteiger partial charge in [0.25, 0.3) is 5.91 Å². The Morgan fingerprint density at radius 2 is 1.28 bits per heavy atom. The molecule has 2 aliphatic rings. The maximum Gasteiger partial charge on any atom is 0.252 e. The Labute approximate surface area is 269 Å². The van der Waals surface area contributed by atoms with E-state index < -0.39 is 17.5 Å². The minimum Gasteiger partial charge on any atom is -0.352 e. The van der Waals surface area contributed by atoms with Crippen molar-refractivity contribution in [3.63, 3.8) is 0 Å². The van der Waals surface area contributed by atoms with Crippen molar-refractivity contribution in [3.8, 4) is 0 Å². The lowest BCUT2D eigenvalue weighted by atomic mass is 9.92. The van der Waals surface area contributed by atoms with Crippen LogP contribution in [-0.4, -0.2) is 41.1 Å². The van der Waals surface area contributed by atoms with Gasteiger partial charge >= 0.3 is 0 Å². The van der Waals surface area contributed by atoms with Gasteiger partial charge in [-0.05, 0) is 47.7 Å². The topological polar surface area (TPSA) is 104 Å². The molecule has 3 N–H and O–H groups in total. The van der Waals surface area contributed by atoms with Crippen molar-refractivity contribution < 1.29 is 19.2 Å². The third kappa shape index (κ3) is 7.09. The third-order valence-electron chi connectivity index (χ3n) is 9.17. The smallest absolute Gasteiger partial charge is 0.252 e. The monoisotopic (exact) mass is 613 g/mol. The summed E-state index contributed by atoms with van der Waals surface area (Å²) in [4.78, 5) is 55.0. The molecule has 0 aromatic heterocycles. The zero-order chi connectivity index (χ0) is 31.9. The minimum absolute atomic E-state index is 0.0828. The van der Waals surface area contributed by atoms with E-state index in [-0.39, 0.29) is 36.5 Å². The number of benzene rings is 4. The van der Waals surface area contributed by atoms with Gasteiger partial charge in [-0.1, -0.05) is 110 Å². The number of amides is 3. The van der Waals surface area contributed by atoms with Crippen molar-refractivity contribution >= 4 is 23.5 Å². The van der Waals surface area contributed by atoms with E-state index in [0.29, 0.717) is 23.1 Å². The van der Waals surface area contributed by atoms with E-state index in [4.69, 9.17) is 0 Å². The lowest BCUT2D eigenvalue weighted by Crippen LogP contribution is -2.63. The van der Waals surface area contributed by atoms with E-state index in [2.05, 4.69) is 16.0 Å². The van der Waals surface area contributed by atoms with Gasteiger partial charge in [0.2, 0.25) is 11.8 Å². The molecule has 7 nitrogen and oxygen atoms in total. The summed E-state index contributed by atoms with van der Waals surface area (Å²) in [6, 6.07) is 32.2. The fourth-order valence-electron chi connectivity index (χ4n) is 6.66. The van der Waals surface area contributed by atoms with Gasteiger partial charge in [-0.15, -0.1) is 0 Å². The van der Waals surface area contributed by atoms with Crippen molar-refractivity contribution in [3.05, 3.63) is 143 Å². The summed E-state index contributed by atoms with van der Waals surface area (Å²) in [7, 11) is 0. The molecular weight excluding hydrogens is 574 g/mol. The Morgan fingerprint density at radius 1 is 0.674 bits per heavy atom. The molecule has 1 saturated carbocycles. The normalized spacial score (nSPS) is 18.2. The summed E-state index contributed by atoms with van der Waals surface area (Å²) in [5.74, 6) is -1.14. The molecule has 0 radical (unpaired) electrons. The van der Waals surface area contributed by atoms with E-state index in [9.17, 15) is 19.2 Å². The van der Waals surface area contributed by atoms with Crippen molar-refractivity contribution in [1.29, 1.82) is 0 Å². The van der Waals surface area contributed by atoms with Crippen LogP contribution < -0.4 is 16.0 Å². The summed E-state index contributed by atoms with van der Waals surface area (Å²) in [5, 5.41) is 9.31. The first-order valence-electron chi connectivity index (χ1n) is 16.1. The molecule has 2 atom stereocenters. The first kappa shape index (κ1) is 31.0. The van der Waals surface area contributed by atoms with Crippen LogP contribution in [0.3, 0.4) is 0 Å². The molecule has 4 aromatic carbocycles. The van der Waals surface area contributed by atoms with Crippen LogP contribution in [0.4, 0.5) is 0 Å². The molecule has 0 unspecified atom stereocenters. The first-order valence-corrected chi connectivity index (χ1v) is 16.1. The highest BCUT2D eigenvalue weighted by atomic mass is 16.2. The zero-order valence-corrected chi connectivity index (χ0v) is 25.8. The third-order valence-corrected chi connectivity index (χ3v) is 9.17. The van der Waals surface area contributed by atoms with Gasteiger partial charge in [0.15, 0.2) is 5.78 Å². The molecule has 0 aliphatic heterocycles. The molecule has 4 aromatic rings. The Bertz CT molecular complexity index is 1700. The Kier molecular flexibility index (Phi) is 9.38. The van der Waals surface area contributed by atoms with E-state index in [1.807, 2.05) is 66.7 Å². The highest BCUT2D eigenvalue weighted by Crippen LogP contribution is 2.33. The highest BCUT2D eigenvalue weighted by molar-refractivity contribution is 6.09. The van der Waals surface area contributed by atoms with E-state index in [1.165, 1.54) is 6.42 Å². The second-order valence-electron chi connectivity index (χ2n) is 12.5. The summed E-state index contributed by atoms with van der Waals surface area (Å²) in [6.07, 6.45) is 5.89. The predicted molar refractivity (Wildman–Crippen MR) is 177 cm³/mol. The van der Waals surface area contributed by atoms with Crippen LogP contribution in [0.25, 0.3) is 0 Å². The van der Waals surface area contributed by atoms with Gasteiger partial charge in [-0.3, -0.25) is 19.2 Å². The molecule has 234 valence electrons. The number of nitrogens with one attached hydrogen (secondary N) is 3. The summed E-state index contributed by atoms with van der Waals surface area (Å²) < 4.78 is 0. The van der Waals surface area contributed by atoms with Gasteiger partial charge in [-0.2, -0.15) is 0 Å². The van der Waals surface area contributed by atoms with Gasteiger partial charge in [0.05, 0.1) is 0 Å². The first-order chi connectivity index (χ1) is 22.4. The fourth-order valence-corrected chi connectivity index (χ4v) is 6.66. The summed E-state index contributed by atoms with van der Waals surface area (Å²) in [6.45, 7) is 0. The second-order valence-corrected chi connectivity index (χ2v) is 12.5. The van der Waals surface area contributed by atoms with Crippen LogP contribution >= 0.6 is 0 Å². The van der Waals surface area contributed by atoms with Crippen LogP contribution in [0, 0.1) is 0 Å². The van der Waals surface area contributed by atoms with Crippen LogP contribution in [0.1, 0.15) is 75.1 Å². The van der Waals surface area contributed by atoms with Crippen LogP contribution in [0.5, 0.6) is 0 Å². The number of ketones is 1. The zero-order valence-electron chi connectivity index (χ0n) is 25.8. The van der Waals surface area contributed by atoms with Gasteiger partial charge in [0.1, 0.15) is 11.6 Å². The summed E-state index contributed by atoms with van der Waals surface area (Å²) >= 11 is 0. The molecule has 2 aliphatic carbocycles. The van der Waals surface area contributed by atoms with Crippen LogP contribution in [-0.2, 0) is 28.9 Å². The lowest BCUT2D eigenvalue weighted by molar-refractivity contribution is -0.132. The number of hydrogen-bond donors (Lipinski definition) is 3. The molecule has 0 spiro atoms. The highest BCUT2D eigenvalue weighted by Gasteiger charge is 2.46. The predicted octanol–water partition coefficient (Wildman–Crippen LogP) is 5.36. The molecule has 3 amide bonds. The minimum atomic E-state index is -1.36. The largest absolute Gasteiger partial charge is 0.352 e. The van der Waals surface area contributed by atoms with Crippen LogP contribution in [0.15, 0.2) is 109 Å². The van der Waals surface area contributed by atoms with Crippen molar-refractivity contribution in [1.82, 2.24) is 16.0 Å². The Morgan fingerprint density at radius 3 is 1.96 bits per heavy atom. The molecule has 0 saturated heterocycles. The standard InChI is InChI=1S/C39H39N3O4/c43-35(28-15-7-2-8-16-28)30-21-22-31-25-39(26-32(31)24-30,42-36(44)29-17-9-3-10-18-29)38(46)41-34(23-27-13-5-1-6-14-27)37(45)40-33-19-11-4-12-20-33/h1-3,5-10,13-18,21-22,24,33-34H,4,11-12,19-20,23,25-26H2,(H,40,45)(H,41,46)(H,42,44)/t34-,39+/m0/s1. The molecule has 6 rings (SSSR count). The van der Waals surface area contributed by atoms with Gasteiger partial charge in [0, 0.05) is 42.0 Å². The van der Waals surface area contributed by atoms with Gasteiger partial charge < -0.3 is 16.0 Å². The van der Waals surface area contributed by atoms with E-state index >= 15 is 0 Å². The Hall–Kier alpha value is -5.04. The maximum absolute atomic E-state index is 14.5. The van der Waals surface area contributed by atoms with E-state index in [1.54, 1.807) is 42.5 Å². The second kappa shape index (κ2) is 13.9. The van der Waals surface area contributed by atoms with Crippen molar-refractivity contribution in [2.75, 3.05) is 0 Å². The van der Waals surface area contributed by atoms with Crippen molar-refractivity contribution in [2.24, 2.45) is 0 Å². The fraction of sp³-hybridized carbons (Fsp3) is 0.282. The lowest BCUT2D eigenvalue weighted by Gasteiger charge is -2.32.